The van der Waals surface area contributed by atoms with Crippen LogP contribution in [0.15, 0.2) is 249 Å². The number of nitrogens with zero attached hydrogens (tertiary/aromatic N) is 3. The Morgan fingerprint density at radius 1 is 0.203 bits per heavy atom. The molecule has 3 nitrogen and oxygen atoms in total. The Labute approximate surface area is 373 Å². The molecule has 0 saturated heterocycles. The number of benzene rings is 10. The van der Waals surface area contributed by atoms with E-state index in [0.717, 1.165) is 66.4 Å². The second-order valence-electron chi connectivity index (χ2n) is 15.9. The first kappa shape index (κ1) is 38.4. The van der Waals surface area contributed by atoms with Crippen LogP contribution in [0.3, 0.4) is 0 Å². The summed E-state index contributed by atoms with van der Waals surface area (Å²) in [6, 6.07) is 88.1. The normalized spacial score (nSPS) is 11.1. The van der Waals surface area contributed by atoms with E-state index in [1.807, 2.05) is 36.4 Å². The van der Waals surface area contributed by atoms with Crippen LogP contribution < -0.4 is 0 Å². The summed E-state index contributed by atoms with van der Waals surface area (Å²) in [6.45, 7) is 0. The number of hydrogen-bond acceptors (Lipinski definition) is 3. The van der Waals surface area contributed by atoms with Gasteiger partial charge in [0.2, 0.25) is 0 Å². The Kier molecular flexibility index (Phi) is 10.3. The maximum absolute atomic E-state index is 5.28. The van der Waals surface area contributed by atoms with Gasteiger partial charge in [0.25, 0.3) is 0 Å². The first-order valence-corrected chi connectivity index (χ1v) is 21.7. The molecule has 0 amide bonds. The molecule has 10 aromatic carbocycles. The molecule has 0 spiro atoms. The highest BCUT2D eigenvalue weighted by atomic mass is 15.0. The average molecular weight is 816 g/mol. The van der Waals surface area contributed by atoms with Gasteiger partial charge in [-0.3, -0.25) is 0 Å². The van der Waals surface area contributed by atoms with Gasteiger partial charge in [0.15, 0.2) is 17.5 Å². The summed E-state index contributed by atoms with van der Waals surface area (Å²) in [7, 11) is 0. The van der Waals surface area contributed by atoms with Crippen LogP contribution in [-0.2, 0) is 0 Å². The fourth-order valence-corrected chi connectivity index (χ4v) is 8.99. The van der Waals surface area contributed by atoms with E-state index in [-0.39, 0.29) is 0 Å². The Hall–Kier alpha value is -8.53. The minimum Gasteiger partial charge on any atom is -0.208 e. The number of fused-ring (bicyclic) bond motifs is 1. The maximum Gasteiger partial charge on any atom is 0.165 e. The van der Waals surface area contributed by atoms with Crippen LogP contribution in [0.4, 0.5) is 0 Å². The molecular formula is C61H41N3. The lowest BCUT2D eigenvalue weighted by Crippen LogP contribution is -2.02. The first-order valence-electron chi connectivity index (χ1n) is 21.7. The molecule has 11 rings (SSSR count). The lowest BCUT2D eigenvalue weighted by atomic mass is 9.78. The molecule has 0 aliphatic heterocycles. The Morgan fingerprint density at radius 2 is 0.578 bits per heavy atom. The predicted molar refractivity (Wildman–Crippen MR) is 266 cm³/mol. The van der Waals surface area contributed by atoms with Gasteiger partial charge in [-0.15, -0.1) is 0 Å². The first-order chi connectivity index (χ1) is 31.8. The molecule has 0 unspecified atom stereocenters. The van der Waals surface area contributed by atoms with Gasteiger partial charge < -0.3 is 0 Å². The monoisotopic (exact) mass is 815 g/mol. The molecule has 300 valence electrons. The van der Waals surface area contributed by atoms with Crippen LogP contribution in [0.5, 0.6) is 0 Å². The van der Waals surface area contributed by atoms with Crippen molar-refractivity contribution < 1.29 is 0 Å². The van der Waals surface area contributed by atoms with Gasteiger partial charge in [-0.05, 0) is 89.7 Å². The molecule has 0 aliphatic rings. The molecule has 0 aliphatic carbocycles. The number of rotatable bonds is 9. The smallest absolute Gasteiger partial charge is 0.165 e. The summed E-state index contributed by atoms with van der Waals surface area (Å²) in [5, 5.41) is 2.19. The molecule has 64 heavy (non-hydrogen) atoms. The summed E-state index contributed by atoms with van der Waals surface area (Å²) >= 11 is 0. The van der Waals surface area contributed by atoms with Crippen molar-refractivity contribution in [3.05, 3.63) is 249 Å². The summed E-state index contributed by atoms with van der Waals surface area (Å²) in [5.41, 5.74) is 16.6. The van der Waals surface area contributed by atoms with Crippen molar-refractivity contribution in [2.45, 2.75) is 0 Å². The Balaban J connectivity index is 1.20. The third-order valence-electron chi connectivity index (χ3n) is 11.9. The van der Waals surface area contributed by atoms with Crippen molar-refractivity contribution in [3.8, 4) is 101 Å². The van der Waals surface area contributed by atoms with Gasteiger partial charge in [0.05, 0.1) is 0 Å². The zero-order valence-electron chi connectivity index (χ0n) is 35.0. The van der Waals surface area contributed by atoms with Crippen molar-refractivity contribution in [2.24, 2.45) is 0 Å². The third kappa shape index (κ3) is 7.36. The topological polar surface area (TPSA) is 38.7 Å². The predicted octanol–water partition coefficient (Wildman–Crippen LogP) is 16.0. The molecule has 0 bridgehead atoms. The fraction of sp³-hybridized carbons (Fsp3) is 0. The molecule has 11 aromatic rings. The molecule has 0 saturated carbocycles. The highest BCUT2D eigenvalue weighted by molar-refractivity contribution is 6.08. The molecular weight excluding hydrogens is 775 g/mol. The standard InChI is InChI=1S/C61H41N3/c1-7-22-42(23-8-1)53-41-54(56(45-27-11-3-12-28-45)57(46-29-13-4-14-30-46)55(53)44-25-9-2-10-26-44)50-36-21-35-49(40-50)52-39-38-43-24-19-20-37-51(43)58(52)61-63-59(47-31-15-5-16-32-47)62-60(64-61)48-33-17-6-18-34-48/h1-41H. The minimum absolute atomic E-state index is 0.625. The summed E-state index contributed by atoms with van der Waals surface area (Å²) < 4.78 is 0. The van der Waals surface area contributed by atoms with Crippen LogP contribution in [0.2, 0.25) is 0 Å². The lowest BCUT2D eigenvalue weighted by Gasteiger charge is -2.24. The van der Waals surface area contributed by atoms with Crippen molar-refractivity contribution >= 4 is 10.8 Å². The maximum atomic E-state index is 5.28. The van der Waals surface area contributed by atoms with Crippen molar-refractivity contribution in [1.29, 1.82) is 0 Å². The molecule has 1 aromatic heterocycles. The average Bonchev–Trinajstić information content (AvgIpc) is 3.39. The molecule has 0 N–H and O–H groups in total. The second kappa shape index (κ2) is 17.1. The van der Waals surface area contributed by atoms with E-state index < -0.39 is 0 Å². The van der Waals surface area contributed by atoms with E-state index in [2.05, 4.69) is 212 Å². The van der Waals surface area contributed by atoms with Gasteiger partial charge in [0, 0.05) is 16.7 Å². The molecule has 0 fully saturated rings. The highest BCUT2D eigenvalue weighted by Crippen LogP contribution is 2.51. The number of hydrogen-bond donors (Lipinski definition) is 0. The Morgan fingerprint density at radius 3 is 1.09 bits per heavy atom. The van der Waals surface area contributed by atoms with E-state index in [4.69, 9.17) is 15.0 Å². The minimum atomic E-state index is 0.625. The van der Waals surface area contributed by atoms with Gasteiger partial charge in [-0.2, -0.15) is 0 Å². The third-order valence-corrected chi connectivity index (χ3v) is 11.9. The SMILES string of the molecule is c1ccc(-c2nc(-c3ccccc3)nc(-c3c(-c4cccc(-c5cc(-c6ccccc6)c(-c6ccccc6)c(-c6ccccc6)c5-c5ccccc5)c4)ccc4ccccc34)n2)cc1. The second-order valence-corrected chi connectivity index (χ2v) is 15.9. The van der Waals surface area contributed by atoms with Crippen molar-refractivity contribution in [1.82, 2.24) is 15.0 Å². The van der Waals surface area contributed by atoms with E-state index in [1.54, 1.807) is 0 Å². The van der Waals surface area contributed by atoms with Gasteiger partial charge in [-0.25, -0.2) is 15.0 Å². The van der Waals surface area contributed by atoms with E-state index >= 15 is 0 Å². The van der Waals surface area contributed by atoms with Crippen LogP contribution in [0, 0.1) is 0 Å². The zero-order chi connectivity index (χ0) is 42.7. The van der Waals surface area contributed by atoms with Crippen LogP contribution in [0.25, 0.3) is 112 Å². The van der Waals surface area contributed by atoms with E-state index in [9.17, 15) is 0 Å². The molecule has 0 atom stereocenters. The van der Waals surface area contributed by atoms with Gasteiger partial charge in [0.1, 0.15) is 0 Å². The quantitative estimate of drug-likeness (QED) is 0.146. The van der Waals surface area contributed by atoms with E-state index in [1.165, 1.54) is 27.8 Å². The molecule has 1 heterocycles. The van der Waals surface area contributed by atoms with Crippen LogP contribution in [0.1, 0.15) is 0 Å². The van der Waals surface area contributed by atoms with Gasteiger partial charge in [-0.1, -0.05) is 237 Å². The zero-order valence-corrected chi connectivity index (χ0v) is 35.0. The lowest BCUT2D eigenvalue weighted by molar-refractivity contribution is 1.08. The molecule has 0 radical (unpaired) electrons. The van der Waals surface area contributed by atoms with Gasteiger partial charge >= 0.3 is 0 Å². The number of aromatic nitrogens is 3. The van der Waals surface area contributed by atoms with Crippen LogP contribution >= 0.6 is 0 Å². The molecule has 3 heteroatoms. The van der Waals surface area contributed by atoms with E-state index in [0.29, 0.717) is 17.5 Å². The fourth-order valence-electron chi connectivity index (χ4n) is 8.99. The van der Waals surface area contributed by atoms with Crippen molar-refractivity contribution in [3.63, 3.8) is 0 Å². The summed E-state index contributed by atoms with van der Waals surface area (Å²) in [5.74, 6) is 1.88. The Bertz CT molecular complexity index is 3330. The van der Waals surface area contributed by atoms with Crippen molar-refractivity contribution in [2.75, 3.05) is 0 Å². The summed E-state index contributed by atoms with van der Waals surface area (Å²) in [6.07, 6.45) is 0. The highest BCUT2D eigenvalue weighted by Gasteiger charge is 2.25. The van der Waals surface area contributed by atoms with Crippen LogP contribution in [-0.4, -0.2) is 15.0 Å². The largest absolute Gasteiger partial charge is 0.208 e. The summed E-state index contributed by atoms with van der Waals surface area (Å²) in [4.78, 5) is 15.6.